The Balaban J connectivity index is 1.36. The van der Waals surface area contributed by atoms with Gasteiger partial charge in [0.05, 0.1) is 13.1 Å². The van der Waals surface area contributed by atoms with Crippen molar-refractivity contribution in [2.75, 3.05) is 32.7 Å². The summed E-state index contributed by atoms with van der Waals surface area (Å²) < 4.78 is 1.57. The van der Waals surface area contributed by atoms with E-state index in [-0.39, 0.29) is 22.9 Å². The molecule has 1 N–H and O–H groups in total. The number of benzene rings is 1. The van der Waals surface area contributed by atoms with Gasteiger partial charge < -0.3 is 14.8 Å². The minimum Gasteiger partial charge on any atom is -0.352 e. The number of piperazine rings is 1. The van der Waals surface area contributed by atoms with Gasteiger partial charge in [0.15, 0.2) is 0 Å². The summed E-state index contributed by atoms with van der Waals surface area (Å²) in [6.45, 7) is 3.10. The Kier molecular flexibility index (Phi) is 5.76. The van der Waals surface area contributed by atoms with Gasteiger partial charge in [0, 0.05) is 38.4 Å². The van der Waals surface area contributed by atoms with E-state index in [0.29, 0.717) is 45.3 Å². The van der Waals surface area contributed by atoms with Crippen LogP contribution in [0.4, 0.5) is 0 Å². The molecular formula is C22H26N4O3. The lowest BCUT2D eigenvalue weighted by Crippen LogP contribution is -2.52. The average Bonchev–Trinajstić information content (AvgIpc) is 3.54. The molecule has 1 aliphatic carbocycles. The Hall–Kier alpha value is -2.93. The molecule has 2 heterocycles. The number of pyridine rings is 1. The fourth-order valence-corrected chi connectivity index (χ4v) is 3.59. The lowest BCUT2D eigenvalue weighted by atomic mass is 10.2. The molecule has 2 amide bonds. The van der Waals surface area contributed by atoms with Gasteiger partial charge in [-0.1, -0.05) is 30.3 Å². The molecule has 2 aromatic rings. The van der Waals surface area contributed by atoms with Crippen LogP contribution >= 0.6 is 0 Å². The zero-order valence-corrected chi connectivity index (χ0v) is 16.4. The number of carbonyl (C=O) groups excluding carboxylic acids is 2. The summed E-state index contributed by atoms with van der Waals surface area (Å²) >= 11 is 0. The first-order valence-corrected chi connectivity index (χ1v) is 10.1. The van der Waals surface area contributed by atoms with Crippen LogP contribution in [-0.4, -0.2) is 64.9 Å². The number of nitrogens with one attached hydrogen (secondary N) is 1. The highest BCUT2D eigenvalue weighted by Gasteiger charge is 2.27. The Labute approximate surface area is 169 Å². The van der Waals surface area contributed by atoms with E-state index in [9.17, 15) is 14.4 Å². The quantitative estimate of drug-likeness (QED) is 0.791. The highest BCUT2D eigenvalue weighted by atomic mass is 16.2. The Morgan fingerprint density at radius 1 is 0.966 bits per heavy atom. The SMILES string of the molecule is O=C(CN1CCN(C(=O)c2cccn(Cc3ccccc3)c2=O)CC1)NC1CC1. The second-order valence-electron chi connectivity index (χ2n) is 7.75. The molecule has 0 radical (unpaired) electrons. The van der Waals surface area contributed by atoms with Crippen LogP contribution in [0.15, 0.2) is 53.5 Å². The van der Waals surface area contributed by atoms with Gasteiger partial charge >= 0.3 is 0 Å². The minimum atomic E-state index is -0.271. The van der Waals surface area contributed by atoms with E-state index in [2.05, 4.69) is 10.2 Å². The molecule has 0 bridgehead atoms. The molecule has 0 spiro atoms. The summed E-state index contributed by atoms with van der Waals surface area (Å²) in [4.78, 5) is 41.5. The largest absolute Gasteiger partial charge is 0.352 e. The Morgan fingerprint density at radius 3 is 2.38 bits per heavy atom. The molecule has 1 saturated carbocycles. The molecule has 1 aromatic carbocycles. The number of rotatable bonds is 6. The summed E-state index contributed by atoms with van der Waals surface area (Å²) in [6.07, 6.45) is 3.86. The van der Waals surface area contributed by atoms with Crippen LogP contribution in [0.25, 0.3) is 0 Å². The van der Waals surface area contributed by atoms with Crippen LogP contribution in [0, 0.1) is 0 Å². The predicted octanol–water partition coefficient (Wildman–Crippen LogP) is 0.933. The van der Waals surface area contributed by atoms with Gasteiger partial charge in [-0.05, 0) is 30.5 Å². The maximum atomic E-state index is 12.9. The van der Waals surface area contributed by atoms with Crippen LogP contribution in [0.5, 0.6) is 0 Å². The van der Waals surface area contributed by atoms with E-state index in [1.807, 2.05) is 30.3 Å². The maximum absolute atomic E-state index is 12.9. The van der Waals surface area contributed by atoms with Crippen LogP contribution in [0.3, 0.4) is 0 Å². The molecule has 152 valence electrons. The molecule has 4 rings (SSSR count). The van der Waals surface area contributed by atoms with E-state index < -0.39 is 0 Å². The number of aromatic nitrogens is 1. The number of hydrogen-bond donors (Lipinski definition) is 1. The Bertz CT molecular complexity index is 929. The van der Waals surface area contributed by atoms with Gasteiger partial charge in [0.1, 0.15) is 5.56 Å². The maximum Gasteiger partial charge on any atom is 0.263 e. The first kappa shape index (κ1) is 19.4. The smallest absolute Gasteiger partial charge is 0.263 e. The molecule has 1 saturated heterocycles. The normalized spacial score (nSPS) is 17.2. The molecule has 0 atom stereocenters. The van der Waals surface area contributed by atoms with Crippen LogP contribution < -0.4 is 10.9 Å². The molecule has 7 heteroatoms. The van der Waals surface area contributed by atoms with E-state index in [1.165, 1.54) is 0 Å². The molecule has 7 nitrogen and oxygen atoms in total. The van der Waals surface area contributed by atoms with Gasteiger partial charge in [-0.2, -0.15) is 0 Å². The summed E-state index contributed by atoms with van der Waals surface area (Å²) in [7, 11) is 0. The summed E-state index contributed by atoms with van der Waals surface area (Å²) in [5.74, 6) is -0.182. The van der Waals surface area contributed by atoms with Crippen molar-refractivity contribution in [1.29, 1.82) is 0 Å². The van der Waals surface area contributed by atoms with E-state index >= 15 is 0 Å². The second-order valence-corrected chi connectivity index (χ2v) is 7.75. The minimum absolute atomic E-state index is 0.0548. The third-order valence-corrected chi connectivity index (χ3v) is 5.42. The monoisotopic (exact) mass is 394 g/mol. The standard InChI is InChI=1S/C22H26N4O3/c27-20(23-18-8-9-18)16-24-11-13-25(14-12-24)21(28)19-7-4-10-26(22(19)29)15-17-5-2-1-3-6-17/h1-7,10,18H,8-9,11-16H2,(H,23,27). The first-order chi connectivity index (χ1) is 14.1. The third-order valence-electron chi connectivity index (χ3n) is 5.42. The number of nitrogens with zero attached hydrogens (tertiary/aromatic N) is 3. The van der Waals surface area contributed by atoms with E-state index in [0.717, 1.165) is 18.4 Å². The Morgan fingerprint density at radius 2 is 1.69 bits per heavy atom. The third kappa shape index (κ3) is 4.92. The lowest BCUT2D eigenvalue weighted by Gasteiger charge is -2.34. The van der Waals surface area contributed by atoms with Gasteiger partial charge in [0.25, 0.3) is 11.5 Å². The topological polar surface area (TPSA) is 74.7 Å². The highest BCUT2D eigenvalue weighted by Crippen LogP contribution is 2.18. The summed E-state index contributed by atoms with van der Waals surface area (Å²) in [5.41, 5.74) is 0.938. The fourth-order valence-electron chi connectivity index (χ4n) is 3.59. The van der Waals surface area contributed by atoms with Crippen LogP contribution in [0.1, 0.15) is 28.8 Å². The zero-order valence-electron chi connectivity index (χ0n) is 16.4. The second kappa shape index (κ2) is 8.61. The molecule has 1 aliphatic heterocycles. The van der Waals surface area contributed by atoms with Gasteiger partial charge in [-0.15, -0.1) is 0 Å². The van der Waals surface area contributed by atoms with Crippen molar-refractivity contribution in [1.82, 2.24) is 19.7 Å². The zero-order chi connectivity index (χ0) is 20.2. The van der Waals surface area contributed by atoms with Gasteiger partial charge in [0.2, 0.25) is 5.91 Å². The molecule has 2 fully saturated rings. The van der Waals surface area contributed by atoms with Crippen LogP contribution in [0.2, 0.25) is 0 Å². The lowest BCUT2D eigenvalue weighted by molar-refractivity contribution is -0.122. The van der Waals surface area contributed by atoms with Crippen molar-refractivity contribution in [3.63, 3.8) is 0 Å². The van der Waals surface area contributed by atoms with E-state index in [1.54, 1.807) is 27.8 Å². The van der Waals surface area contributed by atoms with Gasteiger partial charge in [-0.25, -0.2) is 0 Å². The number of hydrogen-bond acceptors (Lipinski definition) is 4. The van der Waals surface area contributed by atoms with Crippen molar-refractivity contribution < 1.29 is 9.59 Å². The molecular weight excluding hydrogens is 368 g/mol. The number of amides is 2. The molecule has 2 aliphatic rings. The van der Waals surface area contributed by atoms with Crippen molar-refractivity contribution in [2.24, 2.45) is 0 Å². The van der Waals surface area contributed by atoms with Crippen molar-refractivity contribution in [3.05, 3.63) is 70.1 Å². The molecule has 0 unspecified atom stereocenters. The first-order valence-electron chi connectivity index (χ1n) is 10.1. The summed E-state index contributed by atoms with van der Waals surface area (Å²) in [5, 5.41) is 2.99. The number of carbonyl (C=O) groups is 2. The van der Waals surface area contributed by atoms with Crippen molar-refractivity contribution >= 4 is 11.8 Å². The molecule has 29 heavy (non-hydrogen) atoms. The summed E-state index contributed by atoms with van der Waals surface area (Å²) in [6, 6.07) is 13.4. The molecule has 1 aromatic heterocycles. The van der Waals surface area contributed by atoms with Gasteiger partial charge in [-0.3, -0.25) is 19.3 Å². The van der Waals surface area contributed by atoms with Crippen LogP contribution in [-0.2, 0) is 11.3 Å². The average molecular weight is 394 g/mol. The van der Waals surface area contributed by atoms with Crippen molar-refractivity contribution in [3.8, 4) is 0 Å². The highest BCUT2D eigenvalue weighted by molar-refractivity contribution is 5.94. The van der Waals surface area contributed by atoms with E-state index in [4.69, 9.17) is 0 Å². The predicted molar refractivity (Wildman–Crippen MR) is 110 cm³/mol. The fraction of sp³-hybridized carbons (Fsp3) is 0.409. The van der Waals surface area contributed by atoms with Crippen molar-refractivity contribution in [2.45, 2.75) is 25.4 Å².